The number of hydrogen-bond acceptors (Lipinski definition) is 6. The van der Waals surface area contributed by atoms with Crippen LogP contribution >= 0.6 is 0 Å². The molecule has 0 saturated carbocycles. The molecular weight excluding hydrogens is 374 g/mol. The van der Waals surface area contributed by atoms with Crippen LogP contribution in [-0.2, 0) is 4.79 Å². The third-order valence-electron chi connectivity index (χ3n) is 5.34. The third-order valence-corrected chi connectivity index (χ3v) is 5.34. The van der Waals surface area contributed by atoms with E-state index < -0.39 is 6.10 Å². The number of methoxy groups -OCH3 is 2. The molecule has 0 radical (unpaired) electrons. The van der Waals surface area contributed by atoms with E-state index in [0.29, 0.717) is 23.8 Å². The van der Waals surface area contributed by atoms with Crippen LogP contribution in [-0.4, -0.2) is 44.5 Å². The van der Waals surface area contributed by atoms with Gasteiger partial charge in [0.25, 0.3) is 5.91 Å². The van der Waals surface area contributed by atoms with Crippen molar-refractivity contribution >= 4 is 5.91 Å². The van der Waals surface area contributed by atoms with E-state index in [1.807, 2.05) is 23.1 Å². The van der Waals surface area contributed by atoms with Crippen molar-refractivity contribution in [3.05, 3.63) is 42.0 Å². The van der Waals surface area contributed by atoms with Crippen molar-refractivity contribution in [2.24, 2.45) is 0 Å². The molecule has 0 aromatic heterocycles. The Labute approximate surface area is 170 Å². The van der Waals surface area contributed by atoms with Gasteiger partial charge < -0.3 is 28.6 Å². The number of benzene rings is 2. The van der Waals surface area contributed by atoms with Crippen molar-refractivity contribution in [2.45, 2.75) is 31.9 Å². The lowest BCUT2D eigenvalue weighted by molar-refractivity contribution is -0.139. The average Bonchev–Trinajstić information content (AvgIpc) is 3.41. The fraction of sp³-hybridized carbons (Fsp3) is 0.409. The van der Waals surface area contributed by atoms with Crippen LogP contribution in [0, 0.1) is 0 Å². The van der Waals surface area contributed by atoms with Gasteiger partial charge in [-0.15, -0.1) is 0 Å². The lowest BCUT2D eigenvalue weighted by Gasteiger charge is -2.29. The van der Waals surface area contributed by atoms with E-state index in [9.17, 15) is 4.79 Å². The monoisotopic (exact) mass is 399 g/mol. The molecular formula is C22H25NO6. The molecule has 29 heavy (non-hydrogen) atoms. The van der Waals surface area contributed by atoms with Crippen molar-refractivity contribution < 1.29 is 28.5 Å². The molecule has 154 valence electrons. The van der Waals surface area contributed by atoms with E-state index in [1.165, 1.54) is 0 Å². The Morgan fingerprint density at radius 2 is 1.86 bits per heavy atom. The SMILES string of the molecule is COc1ccc([C@@H]2CCCN2C(=O)[C@@H](C)Oc2ccc3c(c2)OCO3)c(OC)c1. The predicted octanol–water partition coefficient (Wildman–Crippen LogP) is 3.56. The van der Waals surface area contributed by atoms with Crippen molar-refractivity contribution in [3.8, 4) is 28.7 Å². The van der Waals surface area contributed by atoms with Gasteiger partial charge in [0.15, 0.2) is 17.6 Å². The number of hydrogen-bond donors (Lipinski definition) is 0. The van der Waals surface area contributed by atoms with Gasteiger partial charge >= 0.3 is 0 Å². The highest BCUT2D eigenvalue weighted by Gasteiger charge is 2.35. The first-order chi connectivity index (χ1) is 14.1. The Hall–Kier alpha value is -3.09. The van der Waals surface area contributed by atoms with Gasteiger partial charge in [-0.05, 0) is 44.0 Å². The Kier molecular flexibility index (Phi) is 5.38. The summed E-state index contributed by atoms with van der Waals surface area (Å²) in [5.41, 5.74) is 0.981. The van der Waals surface area contributed by atoms with Crippen molar-refractivity contribution in [1.82, 2.24) is 4.90 Å². The summed E-state index contributed by atoms with van der Waals surface area (Å²) in [6.45, 7) is 2.66. The minimum atomic E-state index is -0.625. The fourth-order valence-corrected chi connectivity index (χ4v) is 3.89. The van der Waals surface area contributed by atoms with Gasteiger partial charge in [0.05, 0.1) is 20.3 Å². The van der Waals surface area contributed by atoms with Crippen LogP contribution in [0.4, 0.5) is 0 Å². The van der Waals surface area contributed by atoms with E-state index in [0.717, 1.165) is 29.9 Å². The molecule has 7 nitrogen and oxygen atoms in total. The van der Waals surface area contributed by atoms with Gasteiger partial charge in [-0.2, -0.15) is 0 Å². The summed E-state index contributed by atoms with van der Waals surface area (Å²) in [6, 6.07) is 11.0. The molecule has 0 spiro atoms. The topological polar surface area (TPSA) is 66.5 Å². The summed E-state index contributed by atoms with van der Waals surface area (Å²) >= 11 is 0. The zero-order valence-electron chi connectivity index (χ0n) is 16.8. The number of rotatable bonds is 6. The van der Waals surface area contributed by atoms with E-state index >= 15 is 0 Å². The van der Waals surface area contributed by atoms with E-state index in [2.05, 4.69) is 0 Å². The van der Waals surface area contributed by atoms with Crippen LogP contribution in [0.2, 0.25) is 0 Å². The maximum absolute atomic E-state index is 13.2. The number of likely N-dealkylation sites (tertiary alicyclic amines) is 1. The van der Waals surface area contributed by atoms with E-state index in [4.69, 9.17) is 23.7 Å². The minimum absolute atomic E-state index is 0.0499. The summed E-state index contributed by atoms with van der Waals surface area (Å²) in [6.07, 6.45) is 1.19. The van der Waals surface area contributed by atoms with Crippen LogP contribution in [0.1, 0.15) is 31.4 Å². The third kappa shape index (κ3) is 3.77. The maximum Gasteiger partial charge on any atom is 0.263 e. The van der Waals surface area contributed by atoms with Crippen LogP contribution in [0.25, 0.3) is 0 Å². The van der Waals surface area contributed by atoms with Crippen molar-refractivity contribution in [1.29, 1.82) is 0 Å². The summed E-state index contributed by atoms with van der Waals surface area (Å²) < 4.78 is 27.4. The lowest BCUT2D eigenvalue weighted by atomic mass is 10.0. The minimum Gasteiger partial charge on any atom is -0.497 e. The first-order valence-corrected chi connectivity index (χ1v) is 9.69. The van der Waals surface area contributed by atoms with Gasteiger partial charge in [-0.1, -0.05) is 0 Å². The molecule has 2 aromatic carbocycles. The average molecular weight is 399 g/mol. The Morgan fingerprint density at radius 3 is 2.66 bits per heavy atom. The summed E-state index contributed by atoms with van der Waals surface area (Å²) in [4.78, 5) is 15.0. The number of amides is 1. The summed E-state index contributed by atoms with van der Waals surface area (Å²) in [5, 5.41) is 0. The fourth-order valence-electron chi connectivity index (χ4n) is 3.89. The first kappa shape index (κ1) is 19.2. The zero-order chi connectivity index (χ0) is 20.4. The molecule has 4 rings (SSSR count). The van der Waals surface area contributed by atoms with Gasteiger partial charge in [0.1, 0.15) is 17.2 Å². The largest absolute Gasteiger partial charge is 0.497 e. The molecule has 2 aliphatic heterocycles. The lowest BCUT2D eigenvalue weighted by Crippen LogP contribution is -2.40. The van der Waals surface area contributed by atoms with Crippen LogP contribution in [0.15, 0.2) is 36.4 Å². The highest BCUT2D eigenvalue weighted by Crippen LogP contribution is 2.39. The normalized spacial score (nSPS) is 18.4. The van der Waals surface area contributed by atoms with Crippen molar-refractivity contribution in [2.75, 3.05) is 27.6 Å². The highest BCUT2D eigenvalue weighted by molar-refractivity contribution is 5.82. The molecule has 1 fully saturated rings. The summed E-state index contributed by atoms with van der Waals surface area (Å²) in [5.74, 6) is 3.28. The molecule has 1 amide bonds. The molecule has 0 aliphatic carbocycles. The smallest absolute Gasteiger partial charge is 0.263 e. The van der Waals surface area contributed by atoms with Crippen LogP contribution in [0.3, 0.4) is 0 Å². The molecule has 0 N–H and O–H groups in total. The number of ether oxygens (including phenoxy) is 5. The van der Waals surface area contributed by atoms with Gasteiger partial charge in [-0.25, -0.2) is 0 Å². The Morgan fingerprint density at radius 1 is 1.07 bits per heavy atom. The molecule has 1 saturated heterocycles. The maximum atomic E-state index is 13.2. The van der Waals surface area contributed by atoms with Gasteiger partial charge in [0.2, 0.25) is 6.79 Å². The number of fused-ring (bicyclic) bond motifs is 1. The van der Waals surface area contributed by atoms with Crippen LogP contribution in [0.5, 0.6) is 28.7 Å². The van der Waals surface area contributed by atoms with Gasteiger partial charge in [-0.3, -0.25) is 4.79 Å². The predicted molar refractivity (Wildman–Crippen MR) is 106 cm³/mol. The molecule has 0 bridgehead atoms. The quantitative estimate of drug-likeness (QED) is 0.740. The molecule has 7 heteroatoms. The number of carbonyl (C=O) groups is 1. The molecule has 2 aromatic rings. The Bertz CT molecular complexity index is 899. The van der Waals surface area contributed by atoms with E-state index in [1.54, 1.807) is 39.3 Å². The number of carbonyl (C=O) groups excluding carboxylic acids is 1. The second kappa shape index (κ2) is 8.11. The molecule has 0 unspecified atom stereocenters. The van der Waals surface area contributed by atoms with Crippen LogP contribution < -0.4 is 23.7 Å². The highest BCUT2D eigenvalue weighted by atomic mass is 16.7. The number of nitrogens with zero attached hydrogens (tertiary/aromatic N) is 1. The second-order valence-electron chi connectivity index (χ2n) is 7.07. The van der Waals surface area contributed by atoms with E-state index in [-0.39, 0.29) is 18.7 Å². The molecule has 2 atom stereocenters. The molecule has 2 aliphatic rings. The first-order valence-electron chi connectivity index (χ1n) is 9.69. The Balaban J connectivity index is 1.50. The second-order valence-corrected chi connectivity index (χ2v) is 7.07. The summed E-state index contributed by atoms with van der Waals surface area (Å²) in [7, 11) is 3.25. The standard InChI is InChI=1S/C22H25NO6/c1-14(29-16-7-9-19-21(12-16)28-13-27-19)22(24)23-10-4-5-18(23)17-8-6-15(25-2)11-20(17)26-3/h6-9,11-12,14,18H,4-5,10,13H2,1-3H3/t14-,18+/m1/s1. The van der Waals surface area contributed by atoms with Crippen molar-refractivity contribution in [3.63, 3.8) is 0 Å². The van der Waals surface area contributed by atoms with Gasteiger partial charge in [0, 0.05) is 24.2 Å². The zero-order valence-corrected chi connectivity index (χ0v) is 16.8. The molecule has 2 heterocycles.